The lowest BCUT2D eigenvalue weighted by Crippen LogP contribution is -2.30. The van der Waals surface area contributed by atoms with Gasteiger partial charge in [-0.3, -0.25) is 37.3 Å². The van der Waals surface area contributed by atoms with Crippen LogP contribution in [-0.4, -0.2) is 96.7 Å². The van der Waals surface area contributed by atoms with E-state index in [1.54, 1.807) is 0 Å². The molecule has 0 aromatic carbocycles. The van der Waals surface area contributed by atoms with E-state index in [-0.39, 0.29) is 25.7 Å². The van der Waals surface area contributed by atoms with Crippen molar-refractivity contribution in [2.24, 2.45) is 17.8 Å². The van der Waals surface area contributed by atoms with Crippen LogP contribution in [0.3, 0.4) is 0 Å². The number of hydrogen-bond donors (Lipinski definition) is 3. The van der Waals surface area contributed by atoms with Crippen LogP contribution in [0.15, 0.2) is 0 Å². The molecule has 0 aliphatic heterocycles. The Labute approximate surface area is 651 Å². The van der Waals surface area contributed by atoms with Crippen LogP contribution in [0.2, 0.25) is 0 Å². The molecule has 0 spiro atoms. The lowest BCUT2D eigenvalue weighted by Gasteiger charge is -2.21. The summed E-state index contributed by atoms with van der Waals surface area (Å²) in [5.74, 6) is 0.207. The van der Waals surface area contributed by atoms with Gasteiger partial charge in [-0.25, -0.2) is 9.13 Å². The van der Waals surface area contributed by atoms with Crippen molar-refractivity contribution in [3.63, 3.8) is 0 Å². The van der Waals surface area contributed by atoms with Crippen molar-refractivity contribution in [1.29, 1.82) is 0 Å². The summed E-state index contributed by atoms with van der Waals surface area (Å²) in [5.41, 5.74) is 0. The normalized spacial score (nSPS) is 13.9. The molecule has 0 bridgehead atoms. The predicted molar refractivity (Wildman–Crippen MR) is 437 cm³/mol. The molecule has 0 aliphatic carbocycles. The first-order valence-electron chi connectivity index (χ1n) is 44.8. The van der Waals surface area contributed by atoms with Gasteiger partial charge in [-0.2, -0.15) is 0 Å². The maximum absolute atomic E-state index is 13.2. The summed E-state index contributed by atoms with van der Waals surface area (Å²) < 4.78 is 68.9. The van der Waals surface area contributed by atoms with Crippen molar-refractivity contribution < 1.29 is 80.2 Å². The number of carbonyl (C=O) groups excluding carboxylic acids is 4. The van der Waals surface area contributed by atoms with Crippen molar-refractivity contribution >= 4 is 39.5 Å². The third-order valence-electron chi connectivity index (χ3n) is 20.4. The van der Waals surface area contributed by atoms with Crippen LogP contribution in [0, 0.1) is 17.8 Å². The molecule has 0 aliphatic rings. The molecule has 0 aromatic rings. The maximum Gasteiger partial charge on any atom is 0.472 e. The van der Waals surface area contributed by atoms with Crippen LogP contribution in [-0.2, 0) is 65.4 Å². The Balaban J connectivity index is 5.23. The molecule has 0 saturated carbocycles. The molecule has 2 unspecified atom stereocenters. The van der Waals surface area contributed by atoms with Crippen LogP contribution < -0.4 is 0 Å². The van der Waals surface area contributed by atoms with Gasteiger partial charge in [0.1, 0.15) is 19.3 Å². The fourth-order valence-corrected chi connectivity index (χ4v) is 15.1. The average molecular weight is 1550 g/mol. The first-order chi connectivity index (χ1) is 51.2. The smallest absolute Gasteiger partial charge is 0.462 e. The van der Waals surface area contributed by atoms with E-state index in [1.807, 2.05) is 0 Å². The highest BCUT2D eigenvalue weighted by atomic mass is 31.2. The molecule has 0 heterocycles. The molecule has 19 heteroatoms. The van der Waals surface area contributed by atoms with Gasteiger partial charge < -0.3 is 33.8 Å². The molecular formula is C87H170O17P2. The lowest BCUT2D eigenvalue weighted by molar-refractivity contribution is -0.161. The molecule has 0 radical (unpaired) electrons. The Kier molecular flexibility index (Phi) is 75.6. The van der Waals surface area contributed by atoms with Crippen molar-refractivity contribution in [1.82, 2.24) is 0 Å². The quantitative estimate of drug-likeness (QED) is 0.0222. The Hall–Kier alpha value is -1.94. The molecule has 0 rings (SSSR count). The predicted octanol–water partition coefficient (Wildman–Crippen LogP) is 26.5. The molecule has 17 nitrogen and oxygen atoms in total. The van der Waals surface area contributed by atoms with Gasteiger partial charge in [-0.05, 0) is 43.4 Å². The first-order valence-corrected chi connectivity index (χ1v) is 47.8. The summed E-state index contributed by atoms with van der Waals surface area (Å²) in [6, 6.07) is 0. The molecule has 0 aromatic heterocycles. The number of esters is 4. The highest BCUT2D eigenvalue weighted by Gasteiger charge is 2.30. The van der Waals surface area contributed by atoms with Crippen LogP contribution in [0.25, 0.3) is 0 Å². The number of phosphoric ester groups is 2. The second-order valence-corrected chi connectivity index (χ2v) is 35.6. The standard InChI is InChI=1S/C87H170O17P2/c1-8-9-10-11-12-13-14-15-16-17-18-19-20-21-22-23-30-35-40-49-56-63-70-86(91)103-82(74-97-84(89)68-61-54-47-39-34-29-25-24-27-32-37-44-51-58-65-78(2)3)76-101-105(93,94)99-72-81(88)73-100-106(95,96)102-77-83(75-98-85(90)69-62-55-48-43-42-46-53-60-67-80(6)7)104-87(92)71-64-57-50-41-36-31-26-28-33-38-45-52-59-66-79(4)5/h78-83,88H,8-77H2,1-7H3,(H,93,94)(H,95,96)/t81-,82-,83-/m1/s1. The zero-order valence-electron chi connectivity index (χ0n) is 69.9. The van der Waals surface area contributed by atoms with Gasteiger partial charge in [0.2, 0.25) is 0 Å². The van der Waals surface area contributed by atoms with Gasteiger partial charge in [0.25, 0.3) is 0 Å². The second-order valence-electron chi connectivity index (χ2n) is 32.7. The zero-order chi connectivity index (χ0) is 77.9. The number of unbranched alkanes of at least 4 members (excludes halogenated alkanes) is 53. The van der Waals surface area contributed by atoms with E-state index in [0.29, 0.717) is 25.7 Å². The van der Waals surface area contributed by atoms with Gasteiger partial charge in [-0.15, -0.1) is 0 Å². The van der Waals surface area contributed by atoms with Gasteiger partial charge in [0, 0.05) is 25.7 Å². The number of aliphatic hydroxyl groups excluding tert-OH is 1. The largest absolute Gasteiger partial charge is 0.472 e. The van der Waals surface area contributed by atoms with Crippen LogP contribution >= 0.6 is 15.6 Å². The summed E-state index contributed by atoms with van der Waals surface area (Å²) in [6.07, 6.45) is 68.2. The maximum atomic E-state index is 13.2. The van der Waals surface area contributed by atoms with E-state index < -0.39 is 97.5 Å². The minimum Gasteiger partial charge on any atom is -0.462 e. The van der Waals surface area contributed by atoms with Gasteiger partial charge in [0.05, 0.1) is 26.4 Å². The number of ether oxygens (including phenoxy) is 4. The van der Waals surface area contributed by atoms with E-state index in [1.165, 1.54) is 270 Å². The van der Waals surface area contributed by atoms with E-state index in [2.05, 4.69) is 48.5 Å². The van der Waals surface area contributed by atoms with Crippen LogP contribution in [0.5, 0.6) is 0 Å². The molecule has 0 fully saturated rings. The van der Waals surface area contributed by atoms with E-state index in [0.717, 1.165) is 108 Å². The Morgan fingerprint density at radius 3 is 0.642 bits per heavy atom. The number of carbonyl (C=O) groups is 4. The van der Waals surface area contributed by atoms with E-state index in [4.69, 9.17) is 37.0 Å². The lowest BCUT2D eigenvalue weighted by atomic mass is 10.0. The third-order valence-corrected chi connectivity index (χ3v) is 22.3. The summed E-state index contributed by atoms with van der Waals surface area (Å²) in [6.45, 7) is 12.0. The molecule has 630 valence electrons. The fourth-order valence-electron chi connectivity index (χ4n) is 13.5. The van der Waals surface area contributed by atoms with Gasteiger partial charge in [0.15, 0.2) is 12.2 Å². The molecule has 0 saturated heterocycles. The number of hydrogen-bond acceptors (Lipinski definition) is 15. The topological polar surface area (TPSA) is 237 Å². The summed E-state index contributed by atoms with van der Waals surface area (Å²) in [7, 11) is -9.93. The summed E-state index contributed by atoms with van der Waals surface area (Å²) >= 11 is 0. The van der Waals surface area contributed by atoms with Crippen molar-refractivity contribution in [2.45, 2.75) is 478 Å². The highest BCUT2D eigenvalue weighted by molar-refractivity contribution is 7.47. The zero-order valence-corrected chi connectivity index (χ0v) is 71.7. The molecular weight excluding hydrogens is 1380 g/mol. The molecule has 5 atom stereocenters. The minimum atomic E-state index is -4.97. The third kappa shape index (κ3) is 80.1. The van der Waals surface area contributed by atoms with Crippen LogP contribution in [0.4, 0.5) is 0 Å². The molecule has 0 amide bonds. The van der Waals surface area contributed by atoms with E-state index in [9.17, 15) is 43.2 Å². The molecule has 106 heavy (non-hydrogen) atoms. The fraction of sp³-hybridized carbons (Fsp3) is 0.954. The van der Waals surface area contributed by atoms with E-state index >= 15 is 0 Å². The minimum absolute atomic E-state index is 0.107. The average Bonchev–Trinajstić information content (AvgIpc) is 0.905. The number of aliphatic hydroxyl groups is 1. The van der Waals surface area contributed by atoms with Crippen molar-refractivity contribution in [3.05, 3.63) is 0 Å². The summed E-state index contributed by atoms with van der Waals surface area (Å²) in [5, 5.41) is 10.7. The second kappa shape index (κ2) is 77.0. The number of phosphoric acid groups is 2. The Morgan fingerprint density at radius 2 is 0.434 bits per heavy atom. The highest BCUT2D eigenvalue weighted by Crippen LogP contribution is 2.45. The van der Waals surface area contributed by atoms with Gasteiger partial charge in [-0.1, -0.05) is 408 Å². The van der Waals surface area contributed by atoms with Crippen molar-refractivity contribution in [3.8, 4) is 0 Å². The SMILES string of the molecule is CCCCCCCCCCCCCCCCCCCCCCCCC(=O)O[C@H](COC(=O)CCCCCCCCCCCCCCCCC(C)C)COP(=O)(O)OC[C@@H](O)COP(=O)(O)OC[C@@H](COC(=O)CCCCCCCCCCC(C)C)OC(=O)CCCCCCCCCCCCCCCC(C)C. The number of rotatable bonds is 85. The summed E-state index contributed by atoms with van der Waals surface area (Å²) in [4.78, 5) is 73.3. The van der Waals surface area contributed by atoms with Crippen molar-refractivity contribution in [2.75, 3.05) is 39.6 Å². The first kappa shape index (κ1) is 104. The Bertz CT molecular complexity index is 2040. The van der Waals surface area contributed by atoms with Gasteiger partial charge >= 0.3 is 39.5 Å². The van der Waals surface area contributed by atoms with Crippen LogP contribution in [0.1, 0.15) is 459 Å². The monoisotopic (exact) mass is 1550 g/mol. The Morgan fingerprint density at radius 1 is 0.255 bits per heavy atom. The molecule has 3 N–H and O–H groups in total.